The van der Waals surface area contributed by atoms with Gasteiger partial charge in [0.05, 0.1) is 36.3 Å². The summed E-state index contributed by atoms with van der Waals surface area (Å²) in [6.45, 7) is 1.40. The van der Waals surface area contributed by atoms with Crippen LogP contribution in [0.3, 0.4) is 0 Å². The van der Waals surface area contributed by atoms with E-state index in [9.17, 15) is 18.0 Å². The zero-order valence-corrected chi connectivity index (χ0v) is 16.1. The number of carbonyl (C=O) groups excluding carboxylic acids is 2. The SMILES string of the molecule is COc1cc(C(=O)O[C@H](C)C(=O)N[C@@H]2CCS(=O)(=O)C2)cc(Cl)c1OC. The van der Waals surface area contributed by atoms with Crippen LogP contribution in [0.15, 0.2) is 12.1 Å². The summed E-state index contributed by atoms with van der Waals surface area (Å²) in [4.78, 5) is 24.4. The molecule has 0 spiro atoms. The Kier molecular flexibility index (Phi) is 6.35. The zero-order chi connectivity index (χ0) is 19.5. The van der Waals surface area contributed by atoms with Crippen molar-refractivity contribution in [1.82, 2.24) is 5.32 Å². The molecule has 0 bridgehead atoms. The Balaban J connectivity index is 2.02. The first-order valence-corrected chi connectivity index (χ1v) is 10.00. The van der Waals surface area contributed by atoms with Crippen molar-refractivity contribution < 1.29 is 32.2 Å². The van der Waals surface area contributed by atoms with Crippen molar-refractivity contribution in [2.45, 2.75) is 25.5 Å². The minimum atomic E-state index is -3.11. The van der Waals surface area contributed by atoms with Crippen molar-refractivity contribution in [3.05, 3.63) is 22.7 Å². The van der Waals surface area contributed by atoms with Gasteiger partial charge in [-0.3, -0.25) is 4.79 Å². The molecule has 10 heteroatoms. The van der Waals surface area contributed by atoms with E-state index in [1.54, 1.807) is 0 Å². The van der Waals surface area contributed by atoms with Crippen LogP contribution in [0, 0.1) is 0 Å². The minimum Gasteiger partial charge on any atom is -0.493 e. The lowest BCUT2D eigenvalue weighted by molar-refractivity contribution is -0.129. The van der Waals surface area contributed by atoms with Gasteiger partial charge in [-0.15, -0.1) is 0 Å². The fourth-order valence-corrected chi connectivity index (χ4v) is 4.51. The Labute approximate surface area is 156 Å². The molecule has 0 radical (unpaired) electrons. The van der Waals surface area contributed by atoms with Crippen molar-refractivity contribution in [1.29, 1.82) is 0 Å². The summed E-state index contributed by atoms with van der Waals surface area (Å²) in [5, 5.41) is 2.74. The monoisotopic (exact) mass is 405 g/mol. The smallest absolute Gasteiger partial charge is 0.339 e. The fraction of sp³-hybridized carbons (Fsp3) is 0.500. The molecule has 1 aliphatic rings. The van der Waals surface area contributed by atoms with Gasteiger partial charge in [0.15, 0.2) is 27.4 Å². The number of hydrogen-bond donors (Lipinski definition) is 1. The predicted molar refractivity (Wildman–Crippen MR) is 94.6 cm³/mol. The van der Waals surface area contributed by atoms with E-state index in [1.165, 1.54) is 33.3 Å². The molecule has 2 atom stereocenters. The van der Waals surface area contributed by atoms with Gasteiger partial charge in [-0.25, -0.2) is 13.2 Å². The fourth-order valence-electron chi connectivity index (χ4n) is 2.55. The highest BCUT2D eigenvalue weighted by Crippen LogP contribution is 2.36. The number of nitrogens with one attached hydrogen (secondary N) is 1. The van der Waals surface area contributed by atoms with Crippen LogP contribution in [0.5, 0.6) is 11.5 Å². The lowest BCUT2D eigenvalue weighted by atomic mass is 10.2. The molecular weight excluding hydrogens is 386 g/mol. The van der Waals surface area contributed by atoms with Gasteiger partial charge in [-0.2, -0.15) is 0 Å². The molecule has 1 N–H and O–H groups in total. The number of hydrogen-bond acceptors (Lipinski definition) is 7. The summed E-state index contributed by atoms with van der Waals surface area (Å²) in [7, 11) is -0.303. The number of rotatable bonds is 6. The van der Waals surface area contributed by atoms with E-state index in [0.717, 1.165) is 0 Å². The quantitative estimate of drug-likeness (QED) is 0.708. The molecule has 0 aromatic heterocycles. The average Bonchev–Trinajstić information content (AvgIpc) is 2.92. The molecule has 1 aliphatic heterocycles. The van der Waals surface area contributed by atoms with Gasteiger partial charge in [0, 0.05) is 6.04 Å². The van der Waals surface area contributed by atoms with Gasteiger partial charge in [0.1, 0.15) is 0 Å². The maximum Gasteiger partial charge on any atom is 0.339 e. The maximum atomic E-state index is 12.3. The second-order valence-electron chi connectivity index (χ2n) is 5.85. The van der Waals surface area contributed by atoms with Gasteiger partial charge < -0.3 is 19.5 Å². The average molecular weight is 406 g/mol. The Morgan fingerprint density at radius 3 is 2.50 bits per heavy atom. The van der Waals surface area contributed by atoms with Crippen LogP contribution in [0.1, 0.15) is 23.7 Å². The number of halogens is 1. The van der Waals surface area contributed by atoms with E-state index in [0.29, 0.717) is 6.42 Å². The number of carbonyl (C=O) groups is 2. The summed E-state index contributed by atoms with van der Waals surface area (Å²) in [6.07, 6.45) is -0.752. The number of benzene rings is 1. The van der Waals surface area contributed by atoms with E-state index in [-0.39, 0.29) is 33.6 Å². The van der Waals surface area contributed by atoms with E-state index >= 15 is 0 Å². The zero-order valence-electron chi connectivity index (χ0n) is 14.6. The molecular formula is C16H20ClNO7S. The number of ether oxygens (including phenoxy) is 3. The van der Waals surface area contributed by atoms with E-state index < -0.39 is 33.9 Å². The van der Waals surface area contributed by atoms with E-state index in [1.807, 2.05) is 0 Å². The predicted octanol–water partition coefficient (Wildman–Crippen LogP) is 1.21. The molecule has 0 unspecified atom stereocenters. The van der Waals surface area contributed by atoms with E-state index in [4.69, 9.17) is 25.8 Å². The lowest BCUT2D eigenvalue weighted by Crippen LogP contribution is -2.42. The largest absolute Gasteiger partial charge is 0.493 e. The highest BCUT2D eigenvalue weighted by Gasteiger charge is 2.31. The number of methoxy groups -OCH3 is 2. The maximum absolute atomic E-state index is 12.3. The number of sulfone groups is 1. The summed E-state index contributed by atoms with van der Waals surface area (Å²) in [6, 6.07) is 2.27. The van der Waals surface area contributed by atoms with Crippen LogP contribution >= 0.6 is 11.6 Å². The first-order valence-electron chi connectivity index (χ1n) is 7.80. The van der Waals surface area contributed by atoms with Crippen LogP contribution in [0.25, 0.3) is 0 Å². The standard InChI is InChI=1S/C16H20ClNO7S/c1-9(15(19)18-11-4-5-26(21,22)8-11)25-16(20)10-6-12(17)14(24-3)13(7-10)23-2/h6-7,9,11H,4-5,8H2,1-3H3,(H,18,19)/t9-,11-/m1/s1. The second-order valence-corrected chi connectivity index (χ2v) is 8.49. The van der Waals surface area contributed by atoms with Crippen LogP contribution in [-0.2, 0) is 19.4 Å². The first-order chi connectivity index (χ1) is 12.2. The van der Waals surface area contributed by atoms with Crippen molar-refractivity contribution in [2.24, 2.45) is 0 Å². The second kappa shape index (κ2) is 8.13. The summed E-state index contributed by atoms with van der Waals surface area (Å²) in [5.74, 6) is -0.873. The number of amides is 1. The van der Waals surface area contributed by atoms with Crippen LogP contribution in [0.4, 0.5) is 0 Å². The van der Waals surface area contributed by atoms with Crippen molar-refractivity contribution in [3.8, 4) is 11.5 Å². The van der Waals surface area contributed by atoms with Gasteiger partial charge in [-0.1, -0.05) is 11.6 Å². The highest BCUT2D eigenvalue weighted by atomic mass is 35.5. The molecule has 1 fully saturated rings. The Morgan fingerprint density at radius 2 is 1.96 bits per heavy atom. The minimum absolute atomic E-state index is 0.0380. The molecule has 1 amide bonds. The van der Waals surface area contributed by atoms with Crippen molar-refractivity contribution in [2.75, 3.05) is 25.7 Å². The van der Waals surface area contributed by atoms with Gasteiger partial charge >= 0.3 is 5.97 Å². The Hall–Kier alpha value is -2.00. The lowest BCUT2D eigenvalue weighted by Gasteiger charge is -2.17. The van der Waals surface area contributed by atoms with Gasteiger partial charge in [0.25, 0.3) is 5.91 Å². The highest BCUT2D eigenvalue weighted by molar-refractivity contribution is 7.91. The third-order valence-corrected chi connectivity index (χ3v) is 5.95. The van der Waals surface area contributed by atoms with Crippen molar-refractivity contribution in [3.63, 3.8) is 0 Å². The third kappa shape index (κ3) is 4.79. The van der Waals surface area contributed by atoms with Crippen LogP contribution in [-0.4, -0.2) is 58.2 Å². The van der Waals surface area contributed by atoms with Crippen LogP contribution in [0.2, 0.25) is 5.02 Å². The van der Waals surface area contributed by atoms with Crippen LogP contribution < -0.4 is 14.8 Å². The third-order valence-electron chi connectivity index (χ3n) is 3.90. The molecule has 26 heavy (non-hydrogen) atoms. The number of esters is 1. The van der Waals surface area contributed by atoms with Crippen molar-refractivity contribution >= 4 is 33.3 Å². The summed E-state index contributed by atoms with van der Waals surface area (Å²) < 4.78 is 38.2. The molecule has 1 aromatic rings. The topological polar surface area (TPSA) is 108 Å². The molecule has 1 saturated heterocycles. The molecule has 2 rings (SSSR count). The Bertz CT molecular complexity index is 809. The molecule has 1 heterocycles. The van der Waals surface area contributed by atoms with E-state index in [2.05, 4.69) is 5.32 Å². The molecule has 8 nitrogen and oxygen atoms in total. The van der Waals surface area contributed by atoms with Gasteiger partial charge in [-0.05, 0) is 25.5 Å². The summed E-state index contributed by atoms with van der Waals surface area (Å²) in [5.41, 5.74) is 0.0933. The molecule has 1 aromatic carbocycles. The molecule has 0 aliphatic carbocycles. The van der Waals surface area contributed by atoms with Gasteiger partial charge in [0.2, 0.25) is 0 Å². The molecule has 144 valence electrons. The first kappa shape index (κ1) is 20.3. The Morgan fingerprint density at radius 1 is 1.27 bits per heavy atom. The molecule has 0 saturated carbocycles. The normalized spacial score (nSPS) is 19.5. The summed E-state index contributed by atoms with van der Waals surface area (Å²) >= 11 is 6.05.